The van der Waals surface area contributed by atoms with Crippen LogP contribution in [0.5, 0.6) is 5.75 Å². The van der Waals surface area contributed by atoms with Gasteiger partial charge in [0.25, 0.3) is 5.91 Å². The fraction of sp³-hybridized carbons (Fsp3) is 0.120. The zero-order chi connectivity index (χ0) is 20.8. The molecular weight excluding hydrogens is 374 g/mol. The van der Waals surface area contributed by atoms with E-state index in [4.69, 9.17) is 4.74 Å². The van der Waals surface area contributed by atoms with E-state index in [9.17, 15) is 4.79 Å². The summed E-state index contributed by atoms with van der Waals surface area (Å²) in [6.07, 6.45) is 1.72. The van der Waals surface area contributed by atoms with Gasteiger partial charge in [-0.05, 0) is 58.8 Å². The van der Waals surface area contributed by atoms with Crippen LogP contribution in [-0.2, 0) is 4.79 Å². The molecule has 4 aromatic rings. The third-order valence-electron chi connectivity index (χ3n) is 4.81. The summed E-state index contributed by atoms with van der Waals surface area (Å²) < 4.78 is 5.42. The number of ether oxygens (including phenoxy) is 1. The Morgan fingerprint density at radius 2 is 1.57 bits per heavy atom. The SMILES string of the molecule is CCOc1ccc(NCC(=O)N/N=C/c2c3ccccc3cc3ccccc23)cc1. The Bertz CT molecular complexity index is 1150. The number of carbonyl (C=O) groups is 1. The van der Waals surface area contributed by atoms with Crippen molar-refractivity contribution in [3.8, 4) is 5.75 Å². The van der Waals surface area contributed by atoms with Gasteiger partial charge in [0.05, 0.1) is 19.4 Å². The van der Waals surface area contributed by atoms with Crippen molar-refractivity contribution in [2.24, 2.45) is 5.10 Å². The van der Waals surface area contributed by atoms with Gasteiger partial charge in [0, 0.05) is 11.3 Å². The minimum absolute atomic E-state index is 0.127. The molecule has 150 valence electrons. The lowest BCUT2D eigenvalue weighted by atomic mass is 9.97. The van der Waals surface area contributed by atoms with Crippen LogP contribution >= 0.6 is 0 Å². The van der Waals surface area contributed by atoms with Gasteiger partial charge in [0.1, 0.15) is 5.75 Å². The molecule has 0 aliphatic rings. The van der Waals surface area contributed by atoms with Crippen LogP contribution < -0.4 is 15.5 Å². The Kier molecular flexibility index (Phi) is 5.90. The molecule has 2 N–H and O–H groups in total. The highest BCUT2D eigenvalue weighted by Crippen LogP contribution is 2.27. The van der Waals surface area contributed by atoms with Crippen LogP contribution in [0.3, 0.4) is 0 Å². The van der Waals surface area contributed by atoms with Gasteiger partial charge in [-0.1, -0.05) is 48.5 Å². The van der Waals surface area contributed by atoms with Crippen LogP contribution in [0.2, 0.25) is 0 Å². The smallest absolute Gasteiger partial charge is 0.259 e. The number of hydrogen-bond acceptors (Lipinski definition) is 4. The Morgan fingerprint density at radius 1 is 0.933 bits per heavy atom. The van der Waals surface area contributed by atoms with Gasteiger partial charge in [-0.3, -0.25) is 4.79 Å². The summed E-state index contributed by atoms with van der Waals surface area (Å²) in [6.45, 7) is 2.69. The van der Waals surface area contributed by atoms with E-state index in [2.05, 4.69) is 46.2 Å². The molecule has 5 nitrogen and oxygen atoms in total. The van der Waals surface area contributed by atoms with E-state index < -0.39 is 0 Å². The summed E-state index contributed by atoms with van der Waals surface area (Å²) >= 11 is 0. The average Bonchev–Trinajstić information content (AvgIpc) is 2.78. The molecule has 0 fully saturated rings. The number of nitrogens with zero attached hydrogens (tertiary/aromatic N) is 1. The van der Waals surface area contributed by atoms with Crippen LogP contribution in [0.15, 0.2) is 84.0 Å². The molecule has 0 heterocycles. The topological polar surface area (TPSA) is 62.7 Å². The Hall–Kier alpha value is -3.86. The van der Waals surface area contributed by atoms with E-state index in [0.29, 0.717) is 6.61 Å². The second kappa shape index (κ2) is 9.09. The lowest BCUT2D eigenvalue weighted by molar-refractivity contribution is -0.119. The molecule has 4 aromatic carbocycles. The van der Waals surface area contributed by atoms with E-state index in [0.717, 1.165) is 38.5 Å². The molecule has 0 bridgehead atoms. The molecule has 0 unspecified atom stereocenters. The number of carbonyl (C=O) groups excluding carboxylic acids is 1. The largest absolute Gasteiger partial charge is 0.494 e. The molecule has 0 aromatic heterocycles. The summed E-state index contributed by atoms with van der Waals surface area (Å²) in [5.74, 6) is 0.587. The highest BCUT2D eigenvalue weighted by molar-refractivity contribution is 6.13. The van der Waals surface area contributed by atoms with Crippen molar-refractivity contribution >= 4 is 39.4 Å². The zero-order valence-corrected chi connectivity index (χ0v) is 16.8. The van der Waals surface area contributed by atoms with Crippen molar-refractivity contribution in [1.29, 1.82) is 0 Å². The Labute approximate surface area is 175 Å². The number of anilines is 1. The van der Waals surface area contributed by atoms with E-state index in [-0.39, 0.29) is 12.5 Å². The molecule has 4 rings (SSSR count). The van der Waals surface area contributed by atoms with Crippen molar-refractivity contribution in [3.63, 3.8) is 0 Å². The maximum Gasteiger partial charge on any atom is 0.259 e. The van der Waals surface area contributed by atoms with Gasteiger partial charge in [0.15, 0.2) is 0 Å². The molecule has 0 spiro atoms. The first-order valence-corrected chi connectivity index (χ1v) is 9.94. The van der Waals surface area contributed by atoms with Crippen LogP contribution in [0.4, 0.5) is 5.69 Å². The van der Waals surface area contributed by atoms with Crippen LogP contribution in [0.1, 0.15) is 12.5 Å². The molecule has 5 heteroatoms. The third-order valence-corrected chi connectivity index (χ3v) is 4.81. The van der Waals surface area contributed by atoms with Gasteiger partial charge in [-0.25, -0.2) is 5.43 Å². The van der Waals surface area contributed by atoms with Crippen molar-refractivity contribution in [3.05, 3.63) is 84.4 Å². The molecule has 0 atom stereocenters. The lowest BCUT2D eigenvalue weighted by Gasteiger charge is -2.08. The monoisotopic (exact) mass is 397 g/mol. The summed E-state index contributed by atoms with van der Waals surface area (Å²) in [5.41, 5.74) is 4.44. The lowest BCUT2D eigenvalue weighted by Crippen LogP contribution is -2.25. The number of hydrogen-bond donors (Lipinski definition) is 2. The minimum atomic E-state index is -0.218. The maximum absolute atomic E-state index is 12.2. The molecule has 0 radical (unpaired) electrons. The third kappa shape index (κ3) is 4.41. The minimum Gasteiger partial charge on any atom is -0.494 e. The van der Waals surface area contributed by atoms with Crippen LogP contribution in [-0.4, -0.2) is 25.3 Å². The number of fused-ring (bicyclic) bond motifs is 2. The first-order valence-electron chi connectivity index (χ1n) is 9.94. The normalized spacial score (nSPS) is 11.1. The number of hydrazone groups is 1. The summed E-state index contributed by atoms with van der Waals surface area (Å²) in [6, 6.07) is 26.0. The second-order valence-electron chi connectivity index (χ2n) is 6.84. The Balaban J connectivity index is 1.45. The van der Waals surface area contributed by atoms with E-state index >= 15 is 0 Å². The number of nitrogens with one attached hydrogen (secondary N) is 2. The van der Waals surface area contributed by atoms with Gasteiger partial charge < -0.3 is 10.1 Å². The van der Waals surface area contributed by atoms with Gasteiger partial charge >= 0.3 is 0 Å². The van der Waals surface area contributed by atoms with Gasteiger partial charge in [0.2, 0.25) is 0 Å². The molecule has 0 saturated carbocycles. The number of rotatable bonds is 7. The highest BCUT2D eigenvalue weighted by Gasteiger charge is 2.06. The summed E-state index contributed by atoms with van der Waals surface area (Å²) in [4.78, 5) is 12.2. The van der Waals surface area contributed by atoms with Gasteiger partial charge in [-0.2, -0.15) is 5.10 Å². The molecular formula is C25H23N3O2. The summed E-state index contributed by atoms with van der Waals surface area (Å²) in [7, 11) is 0. The maximum atomic E-state index is 12.2. The predicted octanol–water partition coefficient (Wildman–Crippen LogP) is 4.95. The highest BCUT2D eigenvalue weighted by atomic mass is 16.5. The zero-order valence-electron chi connectivity index (χ0n) is 16.8. The molecule has 0 aliphatic heterocycles. The Morgan fingerprint density at radius 3 is 2.20 bits per heavy atom. The number of amides is 1. The second-order valence-corrected chi connectivity index (χ2v) is 6.84. The predicted molar refractivity (Wildman–Crippen MR) is 123 cm³/mol. The molecule has 30 heavy (non-hydrogen) atoms. The number of benzene rings is 4. The van der Waals surface area contributed by atoms with E-state index in [1.807, 2.05) is 55.5 Å². The van der Waals surface area contributed by atoms with Crippen LogP contribution in [0, 0.1) is 0 Å². The van der Waals surface area contributed by atoms with Crippen LogP contribution in [0.25, 0.3) is 21.5 Å². The standard InChI is InChI=1S/C25H23N3O2/c1-2-30-21-13-11-20(12-14-21)26-17-25(29)28-27-16-24-22-9-5-3-7-18(22)15-19-8-4-6-10-23(19)24/h3-16,26H,2,17H2,1H3,(H,28,29)/b27-16+. The molecule has 0 saturated heterocycles. The van der Waals surface area contributed by atoms with Gasteiger partial charge in [-0.15, -0.1) is 0 Å². The quantitative estimate of drug-likeness (QED) is 0.263. The van der Waals surface area contributed by atoms with E-state index in [1.54, 1.807) is 6.21 Å². The van der Waals surface area contributed by atoms with Crippen molar-refractivity contribution < 1.29 is 9.53 Å². The first kappa shape index (κ1) is 19.5. The molecule has 1 amide bonds. The van der Waals surface area contributed by atoms with Crippen molar-refractivity contribution in [2.75, 3.05) is 18.5 Å². The fourth-order valence-electron chi connectivity index (χ4n) is 3.41. The van der Waals surface area contributed by atoms with E-state index in [1.165, 1.54) is 0 Å². The molecule has 0 aliphatic carbocycles. The van der Waals surface area contributed by atoms with Crippen molar-refractivity contribution in [2.45, 2.75) is 6.92 Å². The van der Waals surface area contributed by atoms with Crippen molar-refractivity contribution in [1.82, 2.24) is 5.43 Å². The average molecular weight is 397 g/mol. The summed E-state index contributed by atoms with van der Waals surface area (Å²) in [5, 5.41) is 11.8. The fourth-order valence-corrected chi connectivity index (χ4v) is 3.41. The first-order chi connectivity index (χ1) is 14.7.